The lowest BCUT2D eigenvalue weighted by atomic mass is 10.0. The Kier molecular flexibility index (Phi) is 10.6. The molecule has 49 heavy (non-hydrogen) atoms. The van der Waals surface area contributed by atoms with E-state index in [2.05, 4.69) is 14.7 Å². The number of para-hydroxylation sites is 1. The van der Waals surface area contributed by atoms with Gasteiger partial charge < -0.3 is 25.1 Å². The SMILES string of the molecule is CC(=O)ON=C(N)c1cccc(CC(NS(=O)(=O)c2cccc(C(=O)N3CCN(C(=O)OC(C)(C)C)CC3)c2)c2nc3ccccc3s2)c1. The third-order valence-electron chi connectivity index (χ3n) is 7.45. The maximum Gasteiger partial charge on any atom is 0.410 e. The molecule has 0 spiro atoms. The number of sulfonamides is 1. The average Bonchev–Trinajstić information content (AvgIpc) is 3.51. The Labute approximate surface area is 288 Å². The molecule has 258 valence electrons. The van der Waals surface area contributed by atoms with Crippen LogP contribution in [-0.2, 0) is 30.8 Å². The average molecular weight is 707 g/mol. The van der Waals surface area contributed by atoms with Gasteiger partial charge in [0.15, 0.2) is 5.84 Å². The predicted molar refractivity (Wildman–Crippen MR) is 185 cm³/mol. The molecule has 1 aromatic heterocycles. The van der Waals surface area contributed by atoms with E-state index in [0.29, 0.717) is 23.7 Å². The fourth-order valence-corrected chi connectivity index (χ4v) is 7.47. The second kappa shape index (κ2) is 14.7. The van der Waals surface area contributed by atoms with Crippen LogP contribution in [0.3, 0.4) is 0 Å². The Bertz CT molecular complexity index is 1960. The molecule has 15 heteroatoms. The summed E-state index contributed by atoms with van der Waals surface area (Å²) in [5.41, 5.74) is 7.54. The van der Waals surface area contributed by atoms with Gasteiger partial charge in [-0.2, -0.15) is 0 Å². The fourth-order valence-electron chi connectivity index (χ4n) is 5.13. The lowest BCUT2D eigenvalue weighted by molar-refractivity contribution is -0.140. The first-order chi connectivity index (χ1) is 23.2. The number of aromatic nitrogens is 1. The molecule has 0 radical (unpaired) electrons. The van der Waals surface area contributed by atoms with Crippen LogP contribution in [0.5, 0.6) is 0 Å². The summed E-state index contributed by atoms with van der Waals surface area (Å²) >= 11 is 1.37. The number of nitrogens with two attached hydrogens (primary N) is 1. The van der Waals surface area contributed by atoms with E-state index in [0.717, 1.165) is 15.8 Å². The smallest absolute Gasteiger partial charge is 0.410 e. The first-order valence-corrected chi connectivity index (χ1v) is 17.8. The van der Waals surface area contributed by atoms with Gasteiger partial charge in [-0.05, 0) is 69.2 Å². The Morgan fingerprint density at radius 3 is 2.33 bits per heavy atom. The summed E-state index contributed by atoms with van der Waals surface area (Å²) in [4.78, 5) is 49.6. The number of thiazole rings is 1. The quantitative estimate of drug-likeness (QED) is 0.110. The highest BCUT2D eigenvalue weighted by atomic mass is 32.2. The third kappa shape index (κ3) is 9.19. The minimum atomic E-state index is -4.16. The summed E-state index contributed by atoms with van der Waals surface area (Å²) in [6.45, 7) is 7.75. The number of rotatable bonds is 9. The number of carbonyl (C=O) groups is 3. The number of piperazine rings is 1. The van der Waals surface area contributed by atoms with Crippen LogP contribution in [0.2, 0.25) is 0 Å². The number of hydrogen-bond acceptors (Lipinski definition) is 10. The highest BCUT2D eigenvalue weighted by molar-refractivity contribution is 7.89. The summed E-state index contributed by atoms with van der Waals surface area (Å²) in [5.74, 6) is -0.966. The summed E-state index contributed by atoms with van der Waals surface area (Å²) in [6.07, 6.45) is -0.236. The number of nitrogens with zero attached hydrogens (tertiary/aromatic N) is 4. The maximum absolute atomic E-state index is 13.9. The highest BCUT2D eigenvalue weighted by Gasteiger charge is 2.30. The molecule has 5 rings (SSSR count). The van der Waals surface area contributed by atoms with Crippen LogP contribution < -0.4 is 10.5 Å². The van der Waals surface area contributed by atoms with Crippen LogP contribution in [0.15, 0.2) is 82.8 Å². The first-order valence-electron chi connectivity index (χ1n) is 15.5. The number of fused-ring (bicyclic) bond motifs is 1. The molecule has 3 aromatic carbocycles. The number of nitrogens with one attached hydrogen (secondary N) is 1. The first kappa shape index (κ1) is 35.4. The van der Waals surface area contributed by atoms with E-state index >= 15 is 0 Å². The normalized spacial score (nSPS) is 14.8. The molecule has 13 nitrogen and oxygen atoms in total. The number of carbonyl (C=O) groups excluding carboxylic acids is 3. The second-order valence-electron chi connectivity index (χ2n) is 12.4. The van der Waals surface area contributed by atoms with Gasteiger partial charge in [-0.1, -0.05) is 41.6 Å². The predicted octanol–water partition coefficient (Wildman–Crippen LogP) is 4.43. The fraction of sp³-hybridized carbons (Fsp3) is 0.324. The number of oxime groups is 1. The minimum absolute atomic E-state index is 0.0121. The molecule has 2 heterocycles. The Morgan fingerprint density at radius 2 is 1.63 bits per heavy atom. The zero-order valence-corrected chi connectivity index (χ0v) is 29.2. The van der Waals surface area contributed by atoms with Crippen molar-refractivity contribution < 1.29 is 32.4 Å². The van der Waals surface area contributed by atoms with E-state index in [-0.39, 0.29) is 41.7 Å². The van der Waals surface area contributed by atoms with E-state index in [1.54, 1.807) is 54.8 Å². The maximum atomic E-state index is 13.9. The Morgan fingerprint density at radius 1 is 0.959 bits per heavy atom. The molecule has 1 aliphatic rings. The zero-order chi connectivity index (χ0) is 35.3. The topological polar surface area (TPSA) is 174 Å². The summed E-state index contributed by atoms with van der Waals surface area (Å²) in [7, 11) is -4.16. The Balaban J connectivity index is 1.36. The number of amidine groups is 1. The summed E-state index contributed by atoms with van der Waals surface area (Å²) in [5, 5.41) is 4.20. The van der Waals surface area contributed by atoms with Crippen molar-refractivity contribution in [1.29, 1.82) is 0 Å². The van der Waals surface area contributed by atoms with Crippen molar-refractivity contribution in [3.63, 3.8) is 0 Å². The molecule has 2 amide bonds. The molecule has 1 saturated heterocycles. The lowest BCUT2D eigenvalue weighted by Crippen LogP contribution is -2.51. The monoisotopic (exact) mass is 706 g/mol. The summed E-state index contributed by atoms with van der Waals surface area (Å²) < 4.78 is 37.0. The van der Waals surface area contributed by atoms with E-state index in [1.165, 1.54) is 36.5 Å². The Hall–Kier alpha value is -4.86. The molecular formula is C34H38N6O7S2. The number of benzene rings is 3. The van der Waals surface area contributed by atoms with Gasteiger partial charge in [0.05, 0.1) is 21.2 Å². The van der Waals surface area contributed by atoms with E-state index < -0.39 is 33.7 Å². The third-order valence-corrected chi connectivity index (χ3v) is 10.1. The van der Waals surface area contributed by atoms with Gasteiger partial charge in [0.25, 0.3) is 5.91 Å². The van der Waals surface area contributed by atoms with Crippen molar-refractivity contribution in [3.05, 3.63) is 94.5 Å². The van der Waals surface area contributed by atoms with Crippen LogP contribution in [0.1, 0.15) is 60.2 Å². The molecule has 1 unspecified atom stereocenters. The molecule has 1 fully saturated rings. The lowest BCUT2D eigenvalue weighted by Gasteiger charge is -2.35. The van der Waals surface area contributed by atoms with Crippen molar-refractivity contribution in [2.75, 3.05) is 26.2 Å². The minimum Gasteiger partial charge on any atom is -0.444 e. The van der Waals surface area contributed by atoms with Crippen LogP contribution >= 0.6 is 11.3 Å². The van der Waals surface area contributed by atoms with Gasteiger partial charge in [0.2, 0.25) is 10.0 Å². The van der Waals surface area contributed by atoms with Gasteiger partial charge >= 0.3 is 12.1 Å². The molecule has 1 atom stereocenters. The van der Waals surface area contributed by atoms with Gasteiger partial charge in [-0.25, -0.2) is 27.7 Å². The van der Waals surface area contributed by atoms with Gasteiger partial charge in [-0.3, -0.25) is 4.79 Å². The van der Waals surface area contributed by atoms with Crippen molar-refractivity contribution in [2.24, 2.45) is 10.9 Å². The van der Waals surface area contributed by atoms with Crippen LogP contribution in [0, 0.1) is 0 Å². The van der Waals surface area contributed by atoms with Crippen molar-refractivity contribution >= 4 is 55.4 Å². The van der Waals surface area contributed by atoms with E-state index in [1.807, 2.05) is 30.3 Å². The van der Waals surface area contributed by atoms with Gasteiger partial charge in [0, 0.05) is 44.2 Å². The molecule has 0 aliphatic carbocycles. The number of amides is 2. The largest absolute Gasteiger partial charge is 0.444 e. The standard InChI is InChI=1S/C34H38N6O7S2/c1-22(41)47-37-30(35)24-10-7-9-23(19-24)20-28(31-36-27-13-5-6-14-29(27)48-31)38-49(44,45)26-12-8-11-25(21-26)32(42)39-15-17-40(18-16-39)33(43)46-34(2,3)4/h5-14,19,21,28,38H,15-18,20H2,1-4H3,(H2,35,37). The van der Waals surface area contributed by atoms with E-state index in [4.69, 9.17) is 15.5 Å². The molecular weight excluding hydrogens is 669 g/mol. The molecule has 0 bridgehead atoms. The second-order valence-corrected chi connectivity index (χ2v) is 15.2. The van der Waals surface area contributed by atoms with Crippen LogP contribution in [0.25, 0.3) is 10.2 Å². The number of hydrogen-bond donors (Lipinski definition) is 2. The van der Waals surface area contributed by atoms with Crippen molar-refractivity contribution in [3.8, 4) is 0 Å². The molecule has 0 saturated carbocycles. The zero-order valence-electron chi connectivity index (χ0n) is 27.6. The van der Waals surface area contributed by atoms with Crippen LogP contribution in [-0.4, -0.2) is 78.8 Å². The molecule has 1 aliphatic heterocycles. The summed E-state index contributed by atoms with van der Waals surface area (Å²) in [6, 6.07) is 19.6. The van der Waals surface area contributed by atoms with Gasteiger partial charge in [-0.15, -0.1) is 11.3 Å². The van der Waals surface area contributed by atoms with E-state index in [9.17, 15) is 22.8 Å². The van der Waals surface area contributed by atoms with Gasteiger partial charge in [0.1, 0.15) is 10.6 Å². The highest BCUT2D eigenvalue weighted by Crippen LogP contribution is 2.30. The number of ether oxygens (including phenoxy) is 1. The molecule has 4 aromatic rings. The molecule has 3 N–H and O–H groups in total. The van der Waals surface area contributed by atoms with Crippen LogP contribution in [0.4, 0.5) is 4.79 Å². The van der Waals surface area contributed by atoms with Crippen molar-refractivity contribution in [2.45, 2.75) is 50.7 Å². The van der Waals surface area contributed by atoms with Crippen molar-refractivity contribution in [1.82, 2.24) is 19.5 Å².